The number of rotatable bonds is 4. The first kappa shape index (κ1) is 14.9. The van der Waals surface area contributed by atoms with Crippen LogP contribution in [0.4, 0.5) is 5.69 Å². The molecular formula is C17H17N5O. The fourth-order valence-corrected chi connectivity index (χ4v) is 2.20. The summed E-state index contributed by atoms with van der Waals surface area (Å²) in [6, 6.07) is 15.0. The SMILES string of the molecule is CC(C)c1ccc(NC(=O)c2ccc(-n3cnnn3)cc2)cc1. The van der Waals surface area contributed by atoms with E-state index >= 15 is 0 Å². The van der Waals surface area contributed by atoms with Crippen LogP contribution in [0, 0.1) is 0 Å². The molecule has 3 rings (SSSR count). The second-order valence-corrected chi connectivity index (χ2v) is 5.53. The molecule has 0 aliphatic heterocycles. The summed E-state index contributed by atoms with van der Waals surface area (Å²) in [5.41, 5.74) is 3.40. The number of benzene rings is 2. The van der Waals surface area contributed by atoms with Gasteiger partial charge in [-0.05, 0) is 58.3 Å². The van der Waals surface area contributed by atoms with Crippen molar-refractivity contribution in [3.63, 3.8) is 0 Å². The minimum absolute atomic E-state index is 0.148. The van der Waals surface area contributed by atoms with E-state index in [9.17, 15) is 4.79 Å². The second kappa shape index (κ2) is 6.39. The zero-order chi connectivity index (χ0) is 16.2. The Kier molecular flexibility index (Phi) is 4.14. The predicted octanol–water partition coefficient (Wildman–Crippen LogP) is 3.04. The van der Waals surface area contributed by atoms with Crippen LogP contribution in [-0.4, -0.2) is 26.1 Å². The van der Waals surface area contributed by atoms with Gasteiger partial charge in [0.15, 0.2) is 0 Å². The van der Waals surface area contributed by atoms with Crippen LogP contribution in [0.2, 0.25) is 0 Å². The summed E-state index contributed by atoms with van der Waals surface area (Å²) in [4.78, 5) is 12.3. The molecule has 0 saturated heterocycles. The second-order valence-electron chi connectivity index (χ2n) is 5.53. The Morgan fingerprint density at radius 1 is 1.04 bits per heavy atom. The largest absolute Gasteiger partial charge is 0.322 e. The number of hydrogen-bond acceptors (Lipinski definition) is 4. The smallest absolute Gasteiger partial charge is 0.255 e. The summed E-state index contributed by atoms with van der Waals surface area (Å²) < 4.78 is 1.53. The van der Waals surface area contributed by atoms with Gasteiger partial charge in [-0.3, -0.25) is 4.79 Å². The number of amides is 1. The summed E-state index contributed by atoms with van der Waals surface area (Å²) in [7, 11) is 0. The van der Waals surface area contributed by atoms with E-state index in [1.807, 2.05) is 24.3 Å². The van der Waals surface area contributed by atoms with Crippen LogP contribution >= 0.6 is 0 Å². The fourth-order valence-electron chi connectivity index (χ4n) is 2.20. The maximum atomic E-state index is 12.3. The Morgan fingerprint density at radius 3 is 2.30 bits per heavy atom. The Balaban J connectivity index is 1.70. The van der Waals surface area contributed by atoms with Crippen LogP contribution in [0.15, 0.2) is 54.9 Å². The van der Waals surface area contributed by atoms with Crippen molar-refractivity contribution in [3.05, 3.63) is 66.0 Å². The first-order valence-corrected chi connectivity index (χ1v) is 7.38. The molecule has 1 aromatic heterocycles. The number of anilines is 1. The van der Waals surface area contributed by atoms with E-state index in [2.05, 4.69) is 34.7 Å². The summed E-state index contributed by atoms with van der Waals surface area (Å²) in [6.45, 7) is 4.28. The lowest BCUT2D eigenvalue weighted by molar-refractivity contribution is 0.102. The van der Waals surface area contributed by atoms with E-state index in [1.165, 1.54) is 16.6 Å². The van der Waals surface area contributed by atoms with Gasteiger partial charge in [0, 0.05) is 11.3 Å². The number of aromatic nitrogens is 4. The molecule has 2 aromatic carbocycles. The highest BCUT2D eigenvalue weighted by Gasteiger charge is 2.07. The van der Waals surface area contributed by atoms with E-state index in [1.54, 1.807) is 24.3 Å². The molecule has 6 nitrogen and oxygen atoms in total. The minimum Gasteiger partial charge on any atom is -0.322 e. The molecule has 0 atom stereocenters. The number of carbonyl (C=O) groups excluding carboxylic acids is 1. The van der Waals surface area contributed by atoms with Gasteiger partial charge in [0.05, 0.1) is 5.69 Å². The molecule has 0 bridgehead atoms. The molecule has 1 amide bonds. The first-order valence-electron chi connectivity index (χ1n) is 7.38. The zero-order valence-corrected chi connectivity index (χ0v) is 13.0. The van der Waals surface area contributed by atoms with Gasteiger partial charge in [-0.15, -0.1) is 5.10 Å². The molecule has 0 fully saturated rings. The van der Waals surface area contributed by atoms with Crippen molar-refractivity contribution in [2.45, 2.75) is 19.8 Å². The molecule has 3 aromatic rings. The third-order valence-electron chi connectivity index (χ3n) is 3.58. The highest BCUT2D eigenvalue weighted by Crippen LogP contribution is 2.18. The zero-order valence-electron chi connectivity index (χ0n) is 13.0. The Labute approximate surface area is 134 Å². The molecular weight excluding hydrogens is 290 g/mol. The van der Waals surface area contributed by atoms with E-state index in [0.717, 1.165) is 11.4 Å². The first-order chi connectivity index (χ1) is 11.1. The van der Waals surface area contributed by atoms with Crippen molar-refractivity contribution in [3.8, 4) is 5.69 Å². The average Bonchev–Trinajstić information content (AvgIpc) is 3.10. The Bertz CT molecular complexity index is 777. The quantitative estimate of drug-likeness (QED) is 0.804. The van der Waals surface area contributed by atoms with Gasteiger partial charge in [-0.2, -0.15) is 0 Å². The van der Waals surface area contributed by atoms with Crippen LogP contribution in [0.5, 0.6) is 0 Å². The van der Waals surface area contributed by atoms with Crippen LogP contribution in [0.1, 0.15) is 35.7 Å². The maximum absolute atomic E-state index is 12.3. The lowest BCUT2D eigenvalue weighted by Gasteiger charge is -2.09. The number of nitrogens with one attached hydrogen (secondary N) is 1. The number of hydrogen-bond donors (Lipinski definition) is 1. The molecule has 6 heteroatoms. The van der Waals surface area contributed by atoms with Crippen molar-refractivity contribution in [1.82, 2.24) is 20.2 Å². The molecule has 0 saturated carbocycles. The van der Waals surface area contributed by atoms with Crippen molar-refractivity contribution in [2.75, 3.05) is 5.32 Å². The highest BCUT2D eigenvalue weighted by atomic mass is 16.1. The summed E-state index contributed by atoms with van der Waals surface area (Å²) in [5.74, 6) is 0.323. The average molecular weight is 307 g/mol. The van der Waals surface area contributed by atoms with Crippen LogP contribution in [-0.2, 0) is 0 Å². The highest BCUT2D eigenvalue weighted by molar-refractivity contribution is 6.04. The molecule has 0 aliphatic carbocycles. The number of tetrazole rings is 1. The summed E-state index contributed by atoms with van der Waals surface area (Å²) in [5, 5.41) is 13.9. The number of nitrogens with zero attached hydrogens (tertiary/aromatic N) is 4. The van der Waals surface area contributed by atoms with Gasteiger partial charge in [-0.1, -0.05) is 26.0 Å². The van der Waals surface area contributed by atoms with Gasteiger partial charge >= 0.3 is 0 Å². The van der Waals surface area contributed by atoms with Gasteiger partial charge in [-0.25, -0.2) is 4.68 Å². The standard InChI is InChI=1S/C17H17N5O/c1-12(2)13-3-7-15(8-4-13)19-17(23)14-5-9-16(10-6-14)22-11-18-20-21-22/h3-12H,1-2H3,(H,19,23). The van der Waals surface area contributed by atoms with Crippen LogP contribution in [0.25, 0.3) is 5.69 Å². The Hall–Kier alpha value is -3.02. The number of carbonyl (C=O) groups is 1. The van der Waals surface area contributed by atoms with Crippen molar-refractivity contribution in [1.29, 1.82) is 0 Å². The van der Waals surface area contributed by atoms with E-state index in [0.29, 0.717) is 11.5 Å². The summed E-state index contributed by atoms with van der Waals surface area (Å²) >= 11 is 0. The minimum atomic E-state index is -0.148. The normalized spacial score (nSPS) is 10.7. The lowest BCUT2D eigenvalue weighted by Crippen LogP contribution is -2.12. The van der Waals surface area contributed by atoms with Crippen molar-refractivity contribution in [2.24, 2.45) is 0 Å². The van der Waals surface area contributed by atoms with E-state index < -0.39 is 0 Å². The fraction of sp³-hybridized carbons (Fsp3) is 0.176. The van der Waals surface area contributed by atoms with Crippen molar-refractivity contribution < 1.29 is 4.79 Å². The van der Waals surface area contributed by atoms with Crippen molar-refractivity contribution >= 4 is 11.6 Å². The van der Waals surface area contributed by atoms with Gasteiger partial charge < -0.3 is 5.32 Å². The molecule has 116 valence electrons. The lowest BCUT2D eigenvalue weighted by atomic mass is 10.0. The van der Waals surface area contributed by atoms with E-state index in [-0.39, 0.29) is 5.91 Å². The monoisotopic (exact) mass is 307 g/mol. The molecule has 0 radical (unpaired) electrons. The van der Waals surface area contributed by atoms with E-state index in [4.69, 9.17) is 0 Å². The molecule has 1 N–H and O–H groups in total. The summed E-state index contributed by atoms with van der Waals surface area (Å²) in [6.07, 6.45) is 1.51. The molecule has 1 heterocycles. The molecule has 0 spiro atoms. The van der Waals surface area contributed by atoms with Gasteiger partial charge in [0.25, 0.3) is 5.91 Å². The van der Waals surface area contributed by atoms with Gasteiger partial charge in [0.2, 0.25) is 0 Å². The van der Waals surface area contributed by atoms with Gasteiger partial charge in [0.1, 0.15) is 6.33 Å². The predicted molar refractivity (Wildman–Crippen MR) is 87.6 cm³/mol. The third kappa shape index (κ3) is 3.42. The molecule has 0 unspecified atom stereocenters. The molecule has 23 heavy (non-hydrogen) atoms. The molecule has 0 aliphatic rings. The maximum Gasteiger partial charge on any atom is 0.255 e. The Morgan fingerprint density at radius 2 is 1.74 bits per heavy atom. The topological polar surface area (TPSA) is 72.7 Å². The van der Waals surface area contributed by atoms with Crippen LogP contribution < -0.4 is 5.32 Å². The third-order valence-corrected chi connectivity index (χ3v) is 3.58. The van der Waals surface area contributed by atoms with Crippen LogP contribution in [0.3, 0.4) is 0 Å².